The number of amides is 1. The van der Waals surface area contributed by atoms with Crippen LogP contribution >= 0.6 is 0 Å². The molecule has 1 N–H and O–H groups in total. The maximum Gasteiger partial charge on any atom is 0.243 e. The van der Waals surface area contributed by atoms with Crippen LogP contribution in [0.25, 0.3) is 0 Å². The van der Waals surface area contributed by atoms with Gasteiger partial charge in [-0.05, 0) is 69.5 Å². The van der Waals surface area contributed by atoms with Crippen LogP contribution in [0, 0.1) is 5.21 Å². The standard InChI is InChI=1S/C32H40N4O5S/c1-23(2)35(24(3)4)20-18-33-32(37)31-29-16-15-28(41-27-12-7-6-8-13-27)21-25(29)17-19-36(31)42(39,40)22-26-11-9-10-14-30(26)34(5)38/h6-16,21,23-24,31H,5,17-20,22H2,1-4H3,(H,33,37). The van der Waals surface area contributed by atoms with E-state index in [1.54, 1.807) is 30.3 Å². The highest BCUT2D eigenvalue weighted by Crippen LogP contribution is 2.36. The first-order chi connectivity index (χ1) is 20.0. The van der Waals surface area contributed by atoms with Crippen molar-refractivity contribution in [2.75, 3.05) is 19.6 Å². The van der Waals surface area contributed by atoms with Crippen molar-refractivity contribution >= 4 is 28.3 Å². The van der Waals surface area contributed by atoms with Crippen LogP contribution in [0.4, 0.5) is 5.69 Å². The van der Waals surface area contributed by atoms with Crippen LogP contribution in [0.5, 0.6) is 11.5 Å². The van der Waals surface area contributed by atoms with Gasteiger partial charge in [0.2, 0.25) is 21.6 Å². The quantitative estimate of drug-likeness (QED) is 0.138. The fourth-order valence-electron chi connectivity index (χ4n) is 5.51. The molecular weight excluding hydrogens is 552 g/mol. The van der Waals surface area contributed by atoms with Crippen LogP contribution in [0.1, 0.15) is 50.4 Å². The van der Waals surface area contributed by atoms with Gasteiger partial charge in [-0.1, -0.05) is 42.5 Å². The number of ether oxygens (including phenoxy) is 1. The topological polar surface area (TPSA) is 105 Å². The first kappa shape index (κ1) is 31.2. The molecule has 3 aromatic carbocycles. The summed E-state index contributed by atoms with van der Waals surface area (Å²) in [5.74, 6) is 0.475. The minimum atomic E-state index is -4.02. The lowest BCUT2D eigenvalue weighted by Crippen LogP contribution is -2.49. The molecule has 3 aromatic rings. The third-order valence-electron chi connectivity index (χ3n) is 7.48. The molecule has 0 fully saturated rings. The molecule has 1 aliphatic rings. The Labute approximate surface area is 249 Å². The molecule has 0 saturated carbocycles. The number of rotatable bonds is 12. The van der Waals surface area contributed by atoms with Gasteiger partial charge in [0.1, 0.15) is 24.3 Å². The number of carbonyl (C=O) groups is 1. The van der Waals surface area contributed by atoms with Gasteiger partial charge in [0.25, 0.3) is 0 Å². The van der Waals surface area contributed by atoms with Gasteiger partial charge < -0.3 is 15.3 Å². The lowest BCUT2D eigenvalue weighted by molar-refractivity contribution is -0.350. The fraction of sp³-hybridized carbons (Fsp3) is 0.375. The summed E-state index contributed by atoms with van der Waals surface area (Å²) in [6, 6.07) is 20.8. The van der Waals surface area contributed by atoms with E-state index in [2.05, 4.69) is 44.6 Å². The Bertz CT molecular complexity index is 1500. The number of benzene rings is 3. The van der Waals surface area contributed by atoms with E-state index in [0.717, 1.165) is 5.56 Å². The molecule has 4 rings (SSSR count). The second-order valence-corrected chi connectivity index (χ2v) is 12.9. The fourth-order valence-corrected chi connectivity index (χ4v) is 7.22. The normalized spacial score (nSPS) is 15.5. The van der Waals surface area contributed by atoms with E-state index in [1.807, 2.05) is 36.4 Å². The third-order valence-corrected chi connectivity index (χ3v) is 9.26. The Morgan fingerprint density at radius 1 is 1.05 bits per heavy atom. The van der Waals surface area contributed by atoms with Crippen LogP contribution in [0.2, 0.25) is 0 Å². The smallest absolute Gasteiger partial charge is 0.243 e. The van der Waals surface area contributed by atoms with E-state index < -0.39 is 21.8 Å². The minimum Gasteiger partial charge on any atom is -0.619 e. The molecule has 42 heavy (non-hydrogen) atoms. The van der Waals surface area contributed by atoms with Gasteiger partial charge >= 0.3 is 0 Å². The zero-order valence-corrected chi connectivity index (χ0v) is 25.5. The van der Waals surface area contributed by atoms with E-state index >= 15 is 0 Å². The average molecular weight is 593 g/mol. The van der Waals surface area contributed by atoms with Crippen molar-refractivity contribution in [1.29, 1.82) is 0 Å². The lowest BCUT2D eigenvalue weighted by Gasteiger charge is -2.36. The summed E-state index contributed by atoms with van der Waals surface area (Å²) in [5.41, 5.74) is 1.96. The van der Waals surface area contributed by atoms with Crippen molar-refractivity contribution in [3.05, 3.63) is 94.7 Å². The summed E-state index contributed by atoms with van der Waals surface area (Å²) in [7, 11) is -4.02. The van der Waals surface area contributed by atoms with E-state index in [1.165, 1.54) is 10.4 Å². The maximum atomic E-state index is 13.9. The first-order valence-corrected chi connectivity index (χ1v) is 15.8. The first-order valence-electron chi connectivity index (χ1n) is 14.2. The van der Waals surface area contributed by atoms with Crippen molar-refractivity contribution in [1.82, 2.24) is 14.5 Å². The van der Waals surface area contributed by atoms with Crippen LogP contribution in [0.3, 0.4) is 0 Å². The van der Waals surface area contributed by atoms with Gasteiger partial charge in [-0.3, -0.25) is 9.69 Å². The minimum absolute atomic E-state index is 0.111. The van der Waals surface area contributed by atoms with E-state index in [-0.39, 0.29) is 18.1 Å². The summed E-state index contributed by atoms with van der Waals surface area (Å²) >= 11 is 0. The zero-order valence-electron chi connectivity index (χ0n) is 24.7. The Hall–Kier alpha value is -3.73. The SMILES string of the molecule is C=[N+]([O-])c1ccccc1CS(=O)(=O)N1CCc2cc(Oc3ccccc3)ccc2C1C(=O)NCCN(C(C)C)C(C)C. The predicted molar refractivity (Wildman–Crippen MR) is 166 cm³/mol. The Morgan fingerprint density at radius 3 is 2.38 bits per heavy atom. The van der Waals surface area contributed by atoms with Gasteiger partial charge in [0.05, 0.1) is 5.75 Å². The highest BCUT2D eigenvalue weighted by atomic mass is 32.2. The van der Waals surface area contributed by atoms with Gasteiger partial charge in [0.15, 0.2) is 0 Å². The molecule has 0 aliphatic carbocycles. The van der Waals surface area contributed by atoms with Crippen molar-refractivity contribution in [3.8, 4) is 11.5 Å². The maximum absolute atomic E-state index is 13.9. The Kier molecular flexibility index (Phi) is 10.0. The second-order valence-electron chi connectivity index (χ2n) is 11.0. The van der Waals surface area contributed by atoms with Gasteiger partial charge in [-0.25, -0.2) is 8.42 Å². The van der Waals surface area contributed by atoms with Crippen LogP contribution in [0.15, 0.2) is 72.8 Å². The number of sulfonamides is 1. The molecular formula is C32H40N4O5S. The number of hydrogen-bond donors (Lipinski definition) is 1. The molecule has 1 atom stereocenters. The monoisotopic (exact) mass is 592 g/mol. The Balaban J connectivity index is 1.64. The van der Waals surface area contributed by atoms with Gasteiger partial charge in [0, 0.05) is 43.3 Å². The number of para-hydroxylation sites is 2. The molecule has 224 valence electrons. The van der Waals surface area contributed by atoms with E-state index in [4.69, 9.17) is 4.74 Å². The third kappa shape index (κ3) is 7.36. The number of nitrogens with zero attached hydrogens (tertiary/aromatic N) is 3. The summed E-state index contributed by atoms with van der Waals surface area (Å²) in [4.78, 5) is 16.1. The van der Waals surface area contributed by atoms with Crippen molar-refractivity contribution in [2.45, 2.75) is 58.0 Å². The molecule has 0 spiro atoms. The van der Waals surface area contributed by atoms with Crippen molar-refractivity contribution in [2.24, 2.45) is 0 Å². The number of hydrogen-bond acceptors (Lipinski definition) is 6. The number of fused-ring (bicyclic) bond motifs is 1. The zero-order chi connectivity index (χ0) is 30.4. The predicted octanol–water partition coefficient (Wildman–Crippen LogP) is 4.99. The molecule has 0 saturated heterocycles. The summed E-state index contributed by atoms with van der Waals surface area (Å²) in [6.07, 6.45) is 0.406. The van der Waals surface area contributed by atoms with E-state index in [0.29, 0.717) is 59.0 Å². The molecule has 0 bridgehead atoms. The van der Waals surface area contributed by atoms with Gasteiger partial charge in [-0.15, -0.1) is 0 Å². The highest BCUT2D eigenvalue weighted by Gasteiger charge is 2.40. The summed E-state index contributed by atoms with van der Waals surface area (Å²) in [6.45, 7) is 12.9. The number of nitrogens with one attached hydrogen (secondary N) is 1. The molecule has 1 heterocycles. The van der Waals surface area contributed by atoms with Crippen molar-refractivity contribution in [3.63, 3.8) is 0 Å². The molecule has 1 amide bonds. The molecule has 9 nitrogen and oxygen atoms in total. The largest absolute Gasteiger partial charge is 0.619 e. The highest BCUT2D eigenvalue weighted by molar-refractivity contribution is 7.88. The second kappa shape index (κ2) is 13.5. The summed E-state index contributed by atoms with van der Waals surface area (Å²) < 4.78 is 35.5. The molecule has 0 radical (unpaired) electrons. The molecule has 1 aliphatic heterocycles. The van der Waals surface area contributed by atoms with Crippen molar-refractivity contribution < 1.29 is 22.7 Å². The van der Waals surface area contributed by atoms with Crippen LogP contribution in [-0.4, -0.2) is 66.7 Å². The average Bonchev–Trinajstić information content (AvgIpc) is 2.94. The molecule has 10 heteroatoms. The summed E-state index contributed by atoms with van der Waals surface area (Å²) in [5, 5.41) is 15.0. The van der Waals surface area contributed by atoms with E-state index in [9.17, 15) is 18.4 Å². The lowest BCUT2D eigenvalue weighted by atomic mass is 9.93. The van der Waals surface area contributed by atoms with Crippen LogP contribution < -0.4 is 10.1 Å². The molecule has 0 aromatic heterocycles. The number of carbonyl (C=O) groups excluding carboxylic acids is 1. The van der Waals surface area contributed by atoms with Crippen LogP contribution in [-0.2, 0) is 27.0 Å². The molecule has 1 unspecified atom stereocenters. The Morgan fingerprint density at radius 2 is 1.71 bits per heavy atom. The van der Waals surface area contributed by atoms with Gasteiger partial charge in [-0.2, -0.15) is 9.04 Å².